The summed E-state index contributed by atoms with van der Waals surface area (Å²) in [7, 11) is 0. The highest BCUT2D eigenvalue weighted by Gasteiger charge is 2.31. The number of pyridine rings is 1. The Morgan fingerprint density at radius 1 is 1.33 bits per heavy atom. The summed E-state index contributed by atoms with van der Waals surface area (Å²) in [5, 5.41) is 3.01. The SMILES string of the molecule is Cc1ccc(CCNC(=O)[C@H](CC(C)C)N2CCCCC2=O)cn1. The molecule has 24 heavy (non-hydrogen) atoms. The quantitative estimate of drug-likeness (QED) is 0.835. The Balaban J connectivity index is 1.91. The highest BCUT2D eigenvalue weighted by molar-refractivity contribution is 5.88. The van der Waals surface area contributed by atoms with Crippen LogP contribution in [0.2, 0.25) is 0 Å². The Morgan fingerprint density at radius 2 is 2.12 bits per heavy atom. The molecule has 0 radical (unpaired) electrons. The summed E-state index contributed by atoms with van der Waals surface area (Å²) in [5.74, 6) is 0.459. The number of rotatable bonds is 7. The largest absolute Gasteiger partial charge is 0.354 e. The van der Waals surface area contributed by atoms with Crippen LogP contribution in [0.25, 0.3) is 0 Å². The monoisotopic (exact) mass is 331 g/mol. The number of hydrogen-bond acceptors (Lipinski definition) is 3. The molecule has 0 aromatic carbocycles. The standard InChI is InChI=1S/C19H29N3O2/c1-14(2)12-17(22-11-5-4-6-18(22)23)19(24)20-10-9-16-8-7-15(3)21-13-16/h7-8,13-14,17H,4-6,9-12H2,1-3H3,(H,20,24)/t17-/m0/s1. The van der Waals surface area contributed by atoms with Gasteiger partial charge in [0.25, 0.3) is 0 Å². The van der Waals surface area contributed by atoms with E-state index in [1.165, 1.54) is 0 Å². The molecule has 1 aliphatic rings. The molecule has 2 rings (SSSR count). The first kappa shape index (κ1) is 18.4. The van der Waals surface area contributed by atoms with Crippen LogP contribution in [0.1, 0.15) is 50.8 Å². The van der Waals surface area contributed by atoms with E-state index in [-0.39, 0.29) is 17.9 Å². The molecule has 1 aromatic rings. The summed E-state index contributed by atoms with van der Waals surface area (Å²) in [6.07, 6.45) is 5.80. The van der Waals surface area contributed by atoms with E-state index in [4.69, 9.17) is 0 Å². The van der Waals surface area contributed by atoms with Gasteiger partial charge in [-0.2, -0.15) is 0 Å². The average Bonchev–Trinajstić information content (AvgIpc) is 2.55. The number of amides is 2. The number of likely N-dealkylation sites (tertiary alicyclic amines) is 1. The molecule has 0 aliphatic carbocycles. The summed E-state index contributed by atoms with van der Waals surface area (Å²) in [6.45, 7) is 7.41. The van der Waals surface area contributed by atoms with Gasteiger partial charge >= 0.3 is 0 Å². The Hall–Kier alpha value is -1.91. The van der Waals surface area contributed by atoms with Crippen molar-refractivity contribution in [1.82, 2.24) is 15.2 Å². The van der Waals surface area contributed by atoms with E-state index < -0.39 is 0 Å². The molecule has 132 valence electrons. The lowest BCUT2D eigenvalue weighted by atomic mass is 9.98. The Bertz CT molecular complexity index is 554. The smallest absolute Gasteiger partial charge is 0.242 e. The lowest BCUT2D eigenvalue weighted by Gasteiger charge is -2.34. The first-order chi connectivity index (χ1) is 11.5. The number of carbonyl (C=O) groups is 2. The zero-order valence-corrected chi connectivity index (χ0v) is 15.0. The van der Waals surface area contributed by atoms with E-state index >= 15 is 0 Å². The maximum atomic E-state index is 12.6. The number of aromatic nitrogens is 1. The third kappa shape index (κ3) is 5.32. The molecular weight excluding hydrogens is 302 g/mol. The highest BCUT2D eigenvalue weighted by Crippen LogP contribution is 2.19. The fourth-order valence-electron chi connectivity index (χ4n) is 3.07. The van der Waals surface area contributed by atoms with Crippen LogP contribution in [0.5, 0.6) is 0 Å². The first-order valence-electron chi connectivity index (χ1n) is 8.96. The molecule has 1 fully saturated rings. The fourth-order valence-corrected chi connectivity index (χ4v) is 3.07. The van der Waals surface area contributed by atoms with E-state index in [1.807, 2.05) is 25.3 Å². The number of aryl methyl sites for hydroxylation is 1. The zero-order chi connectivity index (χ0) is 17.5. The van der Waals surface area contributed by atoms with Gasteiger partial charge in [-0.15, -0.1) is 0 Å². The molecule has 1 N–H and O–H groups in total. The second-order valence-electron chi connectivity index (χ2n) is 7.04. The molecule has 0 unspecified atom stereocenters. The molecule has 2 amide bonds. The van der Waals surface area contributed by atoms with Gasteiger partial charge in [0.15, 0.2) is 0 Å². The predicted molar refractivity (Wildman–Crippen MR) is 94.5 cm³/mol. The van der Waals surface area contributed by atoms with Crippen molar-refractivity contribution in [3.05, 3.63) is 29.6 Å². The van der Waals surface area contributed by atoms with Crippen molar-refractivity contribution in [2.75, 3.05) is 13.1 Å². The van der Waals surface area contributed by atoms with Gasteiger partial charge in [0, 0.05) is 31.4 Å². The summed E-state index contributed by atoms with van der Waals surface area (Å²) in [4.78, 5) is 30.9. The van der Waals surface area contributed by atoms with E-state index in [0.717, 1.165) is 30.5 Å². The topological polar surface area (TPSA) is 62.3 Å². The van der Waals surface area contributed by atoms with Crippen LogP contribution >= 0.6 is 0 Å². The van der Waals surface area contributed by atoms with Crippen molar-refractivity contribution >= 4 is 11.8 Å². The normalized spacial score (nSPS) is 16.3. The molecular formula is C19H29N3O2. The van der Waals surface area contributed by atoms with Crippen LogP contribution < -0.4 is 5.32 Å². The molecule has 0 saturated carbocycles. The van der Waals surface area contributed by atoms with Gasteiger partial charge < -0.3 is 10.2 Å². The molecule has 1 atom stereocenters. The highest BCUT2D eigenvalue weighted by atomic mass is 16.2. The van der Waals surface area contributed by atoms with Gasteiger partial charge in [-0.25, -0.2) is 0 Å². The van der Waals surface area contributed by atoms with E-state index in [2.05, 4.69) is 24.1 Å². The minimum absolute atomic E-state index is 0.0287. The maximum Gasteiger partial charge on any atom is 0.242 e. The summed E-state index contributed by atoms with van der Waals surface area (Å²) in [6, 6.07) is 3.67. The third-order valence-corrected chi connectivity index (χ3v) is 4.42. The van der Waals surface area contributed by atoms with Crippen molar-refractivity contribution in [2.24, 2.45) is 5.92 Å². The zero-order valence-electron chi connectivity index (χ0n) is 15.0. The molecule has 1 aliphatic heterocycles. The first-order valence-corrected chi connectivity index (χ1v) is 8.96. The lowest BCUT2D eigenvalue weighted by molar-refractivity contribution is -0.143. The average molecular weight is 331 g/mol. The van der Waals surface area contributed by atoms with Crippen molar-refractivity contribution in [3.8, 4) is 0 Å². The van der Waals surface area contributed by atoms with E-state index in [9.17, 15) is 9.59 Å². The van der Waals surface area contributed by atoms with E-state index in [1.54, 1.807) is 4.90 Å². The minimum Gasteiger partial charge on any atom is -0.354 e. The second kappa shape index (κ2) is 8.81. The van der Waals surface area contributed by atoms with Crippen molar-refractivity contribution in [3.63, 3.8) is 0 Å². The molecule has 5 heteroatoms. The van der Waals surface area contributed by atoms with Crippen molar-refractivity contribution in [1.29, 1.82) is 0 Å². The number of carbonyl (C=O) groups excluding carboxylic acids is 2. The van der Waals surface area contributed by atoms with Gasteiger partial charge in [-0.05, 0) is 50.2 Å². The maximum absolute atomic E-state index is 12.6. The van der Waals surface area contributed by atoms with Gasteiger partial charge in [0.2, 0.25) is 11.8 Å². The molecule has 0 spiro atoms. The van der Waals surface area contributed by atoms with Gasteiger partial charge in [0.1, 0.15) is 6.04 Å². The predicted octanol–water partition coefficient (Wildman–Crippen LogP) is 2.48. The van der Waals surface area contributed by atoms with E-state index in [0.29, 0.717) is 31.8 Å². The molecule has 1 aromatic heterocycles. The minimum atomic E-state index is -0.339. The van der Waals surface area contributed by atoms with Crippen LogP contribution in [-0.4, -0.2) is 40.8 Å². The Kier molecular flexibility index (Phi) is 6.76. The summed E-state index contributed by atoms with van der Waals surface area (Å²) >= 11 is 0. The van der Waals surface area contributed by atoms with Crippen LogP contribution in [-0.2, 0) is 16.0 Å². The van der Waals surface area contributed by atoms with Crippen molar-refractivity contribution in [2.45, 2.75) is 58.9 Å². The molecule has 1 saturated heterocycles. The van der Waals surface area contributed by atoms with Crippen LogP contribution in [0.3, 0.4) is 0 Å². The van der Waals surface area contributed by atoms with Gasteiger partial charge in [0.05, 0.1) is 0 Å². The van der Waals surface area contributed by atoms with Crippen LogP contribution in [0, 0.1) is 12.8 Å². The molecule has 0 bridgehead atoms. The number of piperidine rings is 1. The number of nitrogens with zero attached hydrogens (tertiary/aromatic N) is 2. The number of nitrogens with one attached hydrogen (secondary N) is 1. The second-order valence-corrected chi connectivity index (χ2v) is 7.04. The number of hydrogen-bond donors (Lipinski definition) is 1. The van der Waals surface area contributed by atoms with Gasteiger partial charge in [-0.1, -0.05) is 19.9 Å². The molecule has 2 heterocycles. The Morgan fingerprint density at radius 3 is 2.75 bits per heavy atom. The van der Waals surface area contributed by atoms with Crippen LogP contribution in [0.15, 0.2) is 18.3 Å². The molecule has 5 nitrogen and oxygen atoms in total. The summed E-state index contributed by atoms with van der Waals surface area (Å²) in [5.41, 5.74) is 2.10. The fraction of sp³-hybridized carbons (Fsp3) is 0.632. The van der Waals surface area contributed by atoms with Crippen molar-refractivity contribution < 1.29 is 9.59 Å². The van der Waals surface area contributed by atoms with Gasteiger partial charge in [-0.3, -0.25) is 14.6 Å². The Labute approximate surface area is 144 Å². The third-order valence-electron chi connectivity index (χ3n) is 4.42. The summed E-state index contributed by atoms with van der Waals surface area (Å²) < 4.78 is 0. The van der Waals surface area contributed by atoms with Crippen LogP contribution in [0.4, 0.5) is 0 Å². The lowest BCUT2D eigenvalue weighted by Crippen LogP contribution is -2.52.